The van der Waals surface area contributed by atoms with Gasteiger partial charge in [0.2, 0.25) is 0 Å². The molecule has 0 heterocycles. The number of rotatable bonds is 4. The van der Waals surface area contributed by atoms with Crippen molar-refractivity contribution in [1.29, 1.82) is 0 Å². The minimum Gasteiger partial charge on any atom is -0.384 e. The molecule has 1 heteroatoms. The molecule has 0 aliphatic carbocycles. The van der Waals surface area contributed by atoms with Gasteiger partial charge in [-0.05, 0) is 24.1 Å². The van der Waals surface area contributed by atoms with Gasteiger partial charge in [-0.3, -0.25) is 0 Å². The Bertz CT molecular complexity index is 279. The molecule has 0 unspecified atom stereocenters. The van der Waals surface area contributed by atoms with Crippen LogP contribution in [0.1, 0.15) is 18.9 Å². The molecule has 0 fully saturated rings. The molecule has 0 radical (unpaired) electrons. The smallest absolute Gasteiger partial charge is 0.0340 e. The van der Waals surface area contributed by atoms with Crippen molar-refractivity contribution in [2.45, 2.75) is 19.8 Å². The summed E-state index contributed by atoms with van der Waals surface area (Å²) in [7, 11) is 0. The van der Waals surface area contributed by atoms with Gasteiger partial charge in [-0.25, -0.2) is 0 Å². The zero-order chi connectivity index (χ0) is 9.52. The first-order valence-corrected chi connectivity index (χ1v) is 4.63. The monoisotopic (exact) mass is 173 g/mol. The highest BCUT2D eigenvalue weighted by Gasteiger charge is 1.90. The Morgan fingerprint density at radius 1 is 1.31 bits per heavy atom. The molecule has 13 heavy (non-hydrogen) atoms. The topological polar surface area (TPSA) is 12.0 Å². The van der Waals surface area contributed by atoms with Crippen molar-refractivity contribution in [3.8, 4) is 12.3 Å². The first-order chi connectivity index (χ1) is 6.36. The number of hydrogen-bond acceptors (Lipinski definition) is 1. The van der Waals surface area contributed by atoms with Crippen molar-refractivity contribution in [2.24, 2.45) is 0 Å². The summed E-state index contributed by atoms with van der Waals surface area (Å²) in [6.45, 7) is 3.00. The van der Waals surface area contributed by atoms with E-state index in [0.29, 0.717) is 0 Å². The quantitative estimate of drug-likeness (QED) is 0.545. The van der Waals surface area contributed by atoms with E-state index in [9.17, 15) is 0 Å². The highest BCUT2D eigenvalue weighted by atomic mass is 14.9. The summed E-state index contributed by atoms with van der Waals surface area (Å²) < 4.78 is 0. The maximum absolute atomic E-state index is 5.15. The highest BCUT2D eigenvalue weighted by molar-refractivity contribution is 5.44. The lowest BCUT2D eigenvalue weighted by atomic mass is 10.1. The first-order valence-electron chi connectivity index (χ1n) is 4.63. The van der Waals surface area contributed by atoms with Crippen molar-refractivity contribution in [1.82, 2.24) is 0 Å². The molecule has 0 aromatic heterocycles. The molecular weight excluding hydrogens is 158 g/mol. The summed E-state index contributed by atoms with van der Waals surface area (Å²) in [6, 6.07) is 8.46. The molecule has 1 aromatic rings. The van der Waals surface area contributed by atoms with Gasteiger partial charge in [0.25, 0.3) is 0 Å². The van der Waals surface area contributed by atoms with Crippen LogP contribution in [0.5, 0.6) is 0 Å². The number of hydrogen-bond donors (Lipinski definition) is 1. The summed E-state index contributed by atoms with van der Waals surface area (Å²) in [5.74, 6) is 2.60. The molecule has 0 saturated carbocycles. The van der Waals surface area contributed by atoms with Gasteiger partial charge in [-0.2, -0.15) is 0 Å². The fourth-order valence-electron chi connectivity index (χ4n) is 1.14. The van der Waals surface area contributed by atoms with Gasteiger partial charge in [0.15, 0.2) is 0 Å². The Balaban J connectivity index is 2.45. The molecular formula is C12H15N. The van der Waals surface area contributed by atoms with Crippen LogP contribution in [0, 0.1) is 12.3 Å². The number of anilines is 1. The van der Waals surface area contributed by atoms with Crippen LogP contribution in [0.15, 0.2) is 24.3 Å². The summed E-state index contributed by atoms with van der Waals surface area (Å²) in [4.78, 5) is 0. The largest absolute Gasteiger partial charge is 0.384 e. The van der Waals surface area contributed by atoms with E-state index in [1.165, 1.54) is 5.56 Å². The minimum atomic E-state index is 0.773. The second-order valence-corrected chi connectivity index (χ2v) is 2.93. The summed E-state index contributed by atoms with van der Waals surface area (Å²) in [5, 5.41) is 3.25. The molecule has 0 bridgehead atoms. The molecule has 0 spiro atoms. The van der Waals surface area contributed by atoms with E-state index in [-0.39, 0.29) is 0 Å². The predicted molar refractivity (Wildman–Crippen MR) is 57.8 cm³/mol. The van der Waals surface area contributed by atoms with E-state index >= 15 is 0 Å². The second kappa shape index (κ2) is 5.27. The van der Waals surface area contributed by atoms with E-state index in [4.69, 9.17) is 6.42 Å². The fourth-order valence-corrected chi connectivity index (χ4v) is 1.14. The molecule has 1 N–H and O–H groups in total. The van der Waals surface area contributed by atoms with Crippen molar-refractivity contribution >= 4 is 5.69 Å². The van der Waals surface area contributed by atoms with E-state index in [1.54, 1.807) is 0 Å². The Hall–Kier alpha value is -1.42. The Morgan fingerprint density at radius 2 is 2.00 bits per heavy atom. The molecule has 0 aliphatic rings. The van der Waals surface area contributed by atoms with Gasteiger partial charge in [0, 0.05) is 18.7 Å². The van der Waals surface area contributed by atoms with Crippen LogP contribution in [-0.2, 0) is 6.42 Å². The molecule has 0 saturated heterocycles. The molecule has 1 nitrogen and oxygen atoms in total. The lowest BCUT2D eigenvalue weighted by Crippen LogP contribution is -1.99. The third kappa shape index (κ3) is 3.21. The minimum absolute atomic E-state index is 0.773. The van der Waals surface area contributed by atoms with Gasteiger partial charge in [-0.15, -0.1) is 12.3 Å². The first kappa shape index (κ1) is 9.67. The van der Waals surface area contributed by atoms with Gasteiger partial charge < -0.3 is 5.32 Å². The third-order valence-corrected chi connectivity index (χ3v) is 1.96. The van der Waals surface area contributed by atoms with Crippen LogP contribution in [0.4, 0.5) is 5.69 Å². The van der Waals surface area contributed by atoms with Gasteiger partial charge in [0.05, 0.1) is 0 Å². The molecule has 0 atom stereocenters. The average Bonchev–Trinajstić information content (AvgIpc) is 2.19. The van der Waals surface area contributed by atoms with E-state index in [1.807, 2.05) is 0 Å². The molecule has 0 amide bonds. The SMILES string of the molecule is C#CCCNc1ccc(CC)cc1. The number of aryl methyl sites for hydroxylation is 1. The number of nitrogens with one attached hydrogen (secondary N) is 1. The summed E-state index contributed by atoms with van der Waals surface area (Å²) in [5.41, 5.74) is 2.51. The maximum Gasteiger partial charge on any atom is 0.0340 e. The van der Waals surface area contributed by atoms with Gasteiger partial charge >= 0.3 is 0 Å². The molecule has 1 aromatic carbocycles. The van der Waals surface area contributed by atoms with Crippen LogP contribution in [-0.4, -0.2) is 6.54 Å². The maximum atomic E-state index is 5.15. The molecule has 68 valence electrons. The molecule has 0 aliphatic heterocycles. The van der Waals surface area contributed by atoms with Crippen LogP contribution >= 0.6 is 0 Å². The Morgan fingerprint density at radius 3 is 2.54 bits per heavy atom. The van der Waals surface area contributed by atoms with Crippen molar-refractivity contribution < 1.29 is 0 Å². The van der Waals surface area contributed by atoms with E-state index in [0.717, 1.165) is 25.1 Å². The van der Waals surface area contributed by atoms with Gasteiger partial charge in [0.1, 0.15) is 0 Å². The van der Waals surface area contributed by atoms with Crippen molar-refractivity contribution in [3.05, 3.63) is 29.8 Å². The Labute approximate surface area is 80.2 Å². The van der Waals surface area contributed by atoms with E-state index < -0.39 is 0 Å². The lowest BCUT2D eigenvalue weighted by Gasteiger charge is -2.04. The zero-order valence-electron chi connectivity index (χ0n) is 8.01. The van der Waals surface area contributed by atoms with Crippen LogP contribution < -0.4 is 5.32 Å². The molecule has 1 rings (SSSR count). The summed E-state index contributed by atoms with van der Waals surface area (Å²) >= 11 is 0. The highest BCUT2D eigenvalue weighted by Crippen LogP contribution is 2.09. The van der Waals surface area contributed by atoms with Gasteiger partial charge in [-0.1, -0.05) is 19.1 Å². The van der Waals surface area contributed by atoms with E-state index in [2.05, 4.69) is 42.4 Å². The fraction of sp³-hybridized carbons (Fsp3) is 0.333. The normalized spacial score (nSPS) is 9.23. The predicted octanol–water partition coefficient (Wildman–Crippen LogP) is 2.68. The van der Waals surface area contributed by atoms with Crippen LogP contribution in [0.3, 0.4) is 0 Å². The summed E-state index contributed by atoms with van der Waals surface area (Å²) in [6.07, 6.45) is 7.01. The number of benzene rings is 1. The number of terminal acetylenes is 1. The third-order valence-electron chi connectivity index (χ3n) is 1.96. The van der Waals surface area contributed by atoms with Crippen molar-refractivity contribution in [3.63, 3.8) is 0 Å². The van der Waals surface area contributed by atoms with Crippen molar-refractivity contribution in [2.75, 3.05) is 11.9 Å². The average molecular weight is 173 g/mol. The lowest BCUT2D eigenvalue weighted by molar-refractivity contribution is 1.09. The second-order valence-electron chi connectivity index (χ2n) is 2.93. The zero-order valence-corrected chi connectivity index (χ0v) is 8.01. The Kier molecular flexibility index (Phi) is 3.92. The standard InChI is InChI=1S/C12H15N/c1-3-5-10-13-12-8-6-11(4-2)7-9-12/h1,6-9,13H,4-5,10H2,2H3. The van der Waals surface area contributed by atoms with Crippen LogP contribution in [0.25, 0.3) is 0 Å². The van der Waals surface area contributed by atoms with Crippen LogP contribution in [0.2, 0.25) is 0 Å².